The van der Waals surface area contributed by atoms with Gasteiger partial charge >= 0.3 is 0 Å². The zero-order valence-electron chi connectivity index (χ0n) is 10.3. The number of nitrogens with zero attached hydrogens (tertiary/aromatic N) is 3. The van der Waals surface area contributed by atoms with E-state index in [4.69, 9.17) is 5.84 Å². The third-order valence-electron chi connectivity index (χ3n) is 2.49. The van der Waals surface area contributed by atoms with E-state index >= 15 is 0 Å². The SMILES string of the molecule is Cc1cnn(Cc2cccc(C(=O)NN)n2)c(=O)c1. The van der Waals surface area contributed by atoms with Gasteiger partial charge in [0, 0.05) is 6.07 Å². The molecule has 0 atom stereocenters. The van der Waals surface area contributed by atoms with Crippen LogP contribution in [-0.4, -0.2) is 20.7 Å². The van der Waals surface area contributed by atoms with E-state index in [-0.39, 0.29) is 17.8 Å². The molecule has 0 radical (unpaired) electrons. The molecule has 0 aliphatic rings. The van der Waals surface area contributed by atoms with E-state index in [9.17, 15) is 9.59 Å². The Morgan fingerprint density at radius 1 is 1.47 bits per heavy atom. The maximum atomic E-state index is 11.7. The summed E-state index contributed by atoms with van der Waals surface area (Å²) in [6.45, 7) is 1.99. The van der Waals surface area contributed by atoms with Gasteiger partial charge in [0.1, 0.15) is 5.69 Å². The second-order valence-electron chi connectivity index (χ2n) is 4.02. The lowest BCUT2D eigenvalue weighted by molar-refractivity contribution is 0.0948. The number of amides is 1. The largest absolute Gasteiger partial charge is 0.289 e. The summed E-state index contributed by atoms with van der Waals surface area (Å²) in [5, 5.41) is 4.01. The summed E-state index contributed by atoms with van der Waals surface area (Å²) in [6.07, 6.45) is 1.60. The lowest BCUT2D eigenvalue weighted by Crippen LogP contribution is -2.31. The molecule has 0 aromatic carbocycles. The van der Waals surface area contributed by atoms with E-state index < -0.39 is 5.91 Å². The van der Waals surface area contributed by atoms with Crippen molar-refractivity contribution in [1.82, 2.24) is 20.2 Å². The fourth-order valence-corrected chi connectivity index (χ4v) is 1.56. The molecule has 0 saturated carbocycles. The molecule has 7 nitrogen and oxygen atoms in total. The molecule has 2 heterocycles. The summed E-state index contributed by atoms with van der Waals surface area (Å²) in [7, 11) is 0. The van der Waals surface area contributed by atoms with E-state index in [1.54, 1.807) is 25.3 Å². The molecule has 19 heavy (non-hydrogen) atoms. The van der Waals surface area contributed by atoms with Crippen molar-refractivity contribution in [3.8, 4) is 0 Å². The van der Waals surface area contributed by atoms with Gasteiger partial charge < -0.3 is 0 Å². The van der Waals surface area contributed by atoms with Crippen molar-refractivity contribution < 1.29 is 4.79 Å². The second-order valence-corrected chi connectivity index (χ2v) is 4.02. The molecule has 1 amide bonds. The molecule has 0 fully saturated rings. The predicted molar refractivity (Wildman–Crippen MR) is 68.2 cm³/mol. The summed E-state index contributed by atoms with van der Waals surface area (Å²) >= 11 is 0. The van der Waals surface area contributed by atoms with Gasteiger partial charge in [-0.3, -0.25) is 15.0 Å². The molecule has 2 aromatic heterocycles. The molecule has 0 aliphatic carbocycles. The number of hydrogen-bond donors (Lipinski definition) is 2. The first kappa shape index (κ1) is 12.9. The number of carbonyl (C=O) groups excluding carboxylic acids is 1. The Labute approximate surface area is 109 Å². The first-order valence-electron chi connectivity index (χ1n) is 5.61. The number of carbonyl (C=O) groups is 1. The Hall–Kier alpha value is -2.54. The molecule has 0 bridgehead atoms. The summed E-state index contributed by atoms with van der Waals surface area (Å²) in [5.74, 6) is 4.56. The van der Waals surface area contributed by atoms with Crippen LogP contribution in [0.1, 0.15) is 21.7 Å². The molecular formula is C12H13N5O2. The van der Waals surface area contributed by atoms with E-state index in [0.29, 0.717) is 5.69 Å². The maximum Gasteiger partial charge on any atom is 0.283 e. The number of nitrogen functional groups attached to an aromatic ring is 1. The van der Waals surface area contributed by atoms with Crippen LogP contribution in [0, 0.1) is 6.92 Å². The maximum absolute atomic E-state index is 11.7. The van der Waals surface area contributed by atoms with Gasteiger partial charge in [-0.25, -0.2) is 15.5 Å². The van der Waals surface area contributed by atoms with Gasteiger partial charge in [-0.2, -0.15) is 5.10 Å². The van der Waals surface area contributed by atoms with Gasteiger partial charge in [-0.05, 0) is 24.6 Å². The summed E-state index contributed by atoms with van der Waals surface area (Å²) in [5.41, 5.74) is 3.34. The number of aromatic nitrogens is 3. The fourth-order valence-electron chi connectivity index (χ4n) is 1.56. The summed E-state index contributed by atoms with van der Waals surface area (Å²) in [4.78, 5) is 27.2. The number of aryl methyl sites for hydroxylation is 1. The highest BCUT2D eigenvalue weighted by Crippen LogP contribution is 2.00. The number of hydrazine groups is 1. The molecule has 0 unspecified atom stereocenters. The van der Waals surface area contributed by atoms with Gasteiger partial charge in [0.05, 0.1) is 18.4 Å². The molecule has 3 N–H and O–H groups in total. The number of nitrogens with two attached hydrogens (primary N) is 1. The van der Waals surface area contributed by atoms with Crippen LogP contribution in [-0.2, 0) is 6.54 Å². The molecule has 2 rings (SSSR count). The Bertz CT molecular complexity index is 665. The van der Waals surface area contributed by atoms with Crippen LogP contribution in [0.4, 0.5) is 0 Å². The molecule has 2 aromatic rings. The number of rotatable bonds is 3. The van der Waals surface area contributed by atoms with Crippen molar-refractivity contribution in [2.75, 3.05) is 0 Å². The lowest BCUT2D eigenvalue weighted by Gasteiger charge is -2.05. The smallest absolute Gasteiger partial charge is 0.283 e. The zero-order chi connectivity index (χ0) is 13.8. The molecule has 7 heteroatoms. The van der Waals surface area contributed by atoms with Gasteiger partial charge in [-0.15, -0.1) is 0 Å². The molecule has 0 saturated heterocycles. The van der Waals surface area contributed by atoms with Crippen molar-refractivity contribution in [3.05, 3.63) is 57.8 Å². The molecular weight excluding hydrogens is 246 g/mol. The number of nitrogens with one attached hydrogen (secondary N) is 1. The summed E-state index contributed by atoms with van der Waals surface area (Å²) < 4.78 is 1.28. The quantitative estimate of drug-likeness (QED) is 0.443. The van der Waals surface area contributed by atoms with Crippen LogP contribution < -0.4 is 16.8 Å². The standard InChI is InChI=1S/C12H13N5O2/c1-8-5-11(18)17(14-6-8)7-9-3-2-4-10(15-9)12(19)16-13/h2-6H,7,13H2,1H3,(H,16,19). The van der Waals surface area contributed by atoms with Crippen molar-refractivity contribution >= 4 is 5.91 Å². The van der Waals surface area contributed by atoms with Crippen LogP contribution in [0.3, 0.4) is 0 Å². The van der Waals surface area contributed by atoms with Crippen molar-refractivity contribution in [2.45, 2.75) is 13.5 Å². The lowest BCUT2D eigenvalue weighted by atomic mass is 10.3. The van der Waals surface area contributed by atoms with Crippen molar-refractivity contribution in [3.63, 3.8) is 0 Å². The Kier molecular flexibility index (Phi) is 3.67. The zero-order valence-corrected chi connectivity index (χ0v) is 10.3. The molecule has 0 aliphatic heterocycles. The average molecular weight is 259 g/mol. The van der Waals surface area contributed by atoms with E-state index in [1.165, 1.54) is 16.8 Å². The highest BCUT2D eigenvalue weighted by Gasteiger charge is 2.07. The number of pyridine rings is 1. The Balaban J connectivity index is 2.28. The third kappa shape index (κ3) is 3.02. The minimum Gasteiger partial charge on any atom is -0.289 e. The van der Waals surface area contributed by atoms with Crippen LogP contribution >= 0.6 is 0 Å². The van der Waals surface area contributed by atoms with Crippen molar-refractivity contribution in [2.24, 2.45) is 5.84 Å². The Morgan fingerprint density at radius 3 is 2.95 bits per heavy atom. The van der Waals surface area contributed by atoms with Crippen LogP contribution in [0.15, 0.2) is 35.3 Å². The number of hydrogen-bond acceptors (Lipinski definition) is 5. The van der Waals surface area contributed by atoms with Gasteiger partial charge in [0.15, 0.2) is 0 Å². The minimum atomic E-state index is -0.480. The first-order valence-corrected chi connectivity index (χ1v) is 5.61. The molecule has 0 spiro atoms. The third-order valence-corrected chi connectivity index (χ3v) is 2.49. The first-order chi connectivity index (χ1) is 9.10. The van der Waals surface area contributed by atoms with E-state index in [2.05, 4.69) is 10.1 Å². The minimum absolute atomic E-state index is 0.195. The normalized spacial score (nSPS) is 10.2. The molecule has 98 valence electrons. The highest BCUT2D eigenvalue weighted by molar-refractivity contribution is 5.91. The van der Waals surface area contributed by atoms with Crippen LogP contribution in [0.25, 0.3) is 0 Å². The highest BCUT2D eigenvalue weighted by atomic mass is 16.2. The topological polar surface area (TPSA) is 103 Å². The fraction of sp³-hybridized carbons (Fsp3) is 0.167. The van der Waals surface area contributed by atoms with Gasteiger partial charge in [0.25, 0.3) is 11.5 Å². The van der Waals surface area contributed by atoms with Crippen LogP contribution in [0.2, 0.25) is 0 Å². The monoisotopic (exact) mass is 259 g/mol. The van der Waals surface area contributed by atoms with Crippen LogP contribution in [0.5, 0.6) is 0 Å². The predicted octanol–water partition coefficient (Wildman–Crippen LogP) is -0.401. The van der Waals surface area contributed by atoms with E-state index in [0.717, 1.165) is 5.56 Å². The van der Waals surface area contributed by atoms with Gasteiger partial charge in [0.2, 0.25) is 0 Å². The second kappa shape index (κ2) is 5.40. The Morgan fingerprint density at radius 2 is 2.26 bits per heavy atom. The average Bonchev–Trinajstić information content (AvgIpc) is 2.41. The van der Waals surface area contributed by atoms with Gasteiger partial charge in [-0.1, -0.05) is 6.07 Å². The summed E-state index contributed by atoms with van der Waals surface area (Å²) in [6, 6.07) is 6.41. The van der Waals surface area contributed by atoms with E-state index in [1.807, 2.05) is 5.43 Å². The van der Waals surface area contributed by atoms with Crippen molar-refractivity contribution in [1.29, 1.82) is 0 Å².